The summed E-state index contributed by atoms with van der Waals surface area (Å²) in [6.07, 6.45) is 2.27. The second-order valence-electron chi connectivity index (χ2n) is 10.3. The highest BCUT2D eigenvalue weighted by molar-refractivity contribution is 5.06. The van der Waals surface area contributed by atoms with Crippen LogP contribution in [0.25, 0.3) is 0 Å². The van der Waals surface area contributed by atoms with E-state index in [4.69, 9.17) is 0 Å². The molecule has 4 aliphatic rings. The first-order chi connectivity index (χ1) is 12.7. The molecular formula is C22H33F5. The minimum Gasteiger partial charge on any atom is -0.211 e. The van der Waals surface area contributed by atoms with E-state index in [1.54, 1.807) is 0 Å². The van der Waals surface area contributed by atoms with Crippen LogP contribution in [0, 0.1) is 46.8 Å². The molecule has 0 radical (unpaired) electrons. The molecule has 4 fully saturated rings. The Morgan fingerprint density at radius 3 is 2.33 bits per heavy atom. The molecule has 4 saturated carbocycles. The smallest absolute Gasteiger partial charge is 0.211 e. The summed E-state index contributed by atoms with van der Waals surface area (Å²) in [4.78, 5) is 0. The SMILES string of the molecule is CC12CCC3C(CC[C@@H]4CC(C(F)(F)F)CC[C@H]34)C1CCC2CCC(F)F. The highest BCUT2D eigenvalue weighted by atomic mass is 19.4. The lowest BCUT2D eigenvalue weighted by Gasteiger charge is -2.56. The predicted molar refractivity (Wildman–Crippen MR) is 95.4 cm³/mol. The van der Waals surface area contributed by atoms with Gasteiger partial charge in [0.15, 0.2) is 0 Å². The highest BCUT2D eigenvalue weighted by Gasteiger charge is 2.57. The first kappa shape index (κ1) is 19.9. The standard InChI is InChI=1S/C22H33F5/c1-21-11-10-17-16-7-3-15(22(25,26)27)12-13(16)2-6-18(17)19(21)8-4-14(21)5-9-20(23)24/h13-20H,2-12H2,1H3/t13-,14?,15?,16+,17?,18?,19?,21?/m1/s1. The maximum atomic E-state index is 13.2. The van der Waals surface area contributed by atoms with E-state index in [0.29, 0.717) is 48.9 Å². The lowest BCUT2D eigenvalue weighted by Crippen LogP contribution is -2.49. The third-order valence-corrected chi connectivity index (χ3v) is 9.35. The molecule has 4 rings (SSSR count). The summed E-state index contributed by atoms with van der Waals surface area (Å²) < 4.78 is 65.0. The Kier molecular flexibility index (Phi) is 5.29. The van der Waals surface area contributed by atoms with Crippen molar-refractivity contribution in [2.75, 3.05) is 0 Å². The maximum Gasteiger partial charge on any atom is 0.391 e. The Hall–Kier alpha value is -0.350. The normalized spacial score (nSPS) is 47.4. The highest BCUT2D eigenvalue weighted by Crippen LogP contribution is 2.65. The van der Waals surface area contributed by atoms with Crippen LogP contribution >= 0.6 is 0 Å². The molecule has 156 valence electrons. The van der Waals surface area contributed by atoms with Crippen molar-refractivity contribution in [2.45, 2.75) is 90.2 Å². The molecule has 0 spiro atoms. The first-order valence-corrected chi connectivity index (χ1v) is 11.0. The fourth-order valence-electron chi connectivity index (χ4n) is 8.06. The second-order valence-corrected chi connectivity index (χ2v) is 10.3. The van der Waals surface area contributed by atoms with Gasteiger partial charge in [-0.1, -0.05) is 6.92 Å². The van der Waals surface area contributed by atoms with Crippen LogP contribution in [0.4, 0.5) is 22.0 Å². The summed E-state index contributed by atoms with van der Waals surface area (Å²) in [7, 11) is 0. The molecule has 0 nitrogen and oxygen atoms in total. The molecule has 27 heavy (non-hydrogen) atoms. The Morgan fingerprint density at radius 2 is 1.63 bits per heavy atom. The molecule has 0 amide bonds. The van der Waals surface area contributed by atoms with E-state index in [9.17, 15) is 22.0 Å². The lowest BCUT2D eigenvalue weighted by atomic mass is 9.49. The quantitative estimate of drug-likeness (QED) is 0.437. The Labute approximate surface area is 159 Å². The molecule has 8 atom stereocenters. The van der Waals surface area contributed by atoms with Crippen molar-refractivity contribution in [3.8, 4) is 0 Å². The van der Waals surface area contributed by atoms with E-state index < -0.39 is 18.5 Å². The number of alkyl halides is 5. The van der Waals surface area contributed by atoms with E-state index in [2.05, 4.69) is 6.92 Å². The molecular weight excluding hydrogens is 359 g/mol. The summed E-state index contributed by atoms with van der Waals surface area (Å²) in [6, 6.07) is 0. The Balaban J connectivity index is 1.44. The van der Waals surface area contributed by atoms with Gasteiger partial charge in [-0.05, 0) is 105 Å². The number of hydrogen-bond donors (Lipinski definition) is 0. The topological polar surface area (TPSA) is 0 Å². The number of hydrogen-bond acceptors (Lipinski definition) is 0. The molecule has 0 N–H and O–H groups in total. The van der Waals surface area contributed by atoms with Gasteiger partial charge in [-0.15, -0.1) is 0 Å². The van der Waals surface area contributed by atoms with Gasteiger partial charge in [0, 0.05) is 6.42 Å². The summed E-state index contributed by atoms with van der Waals surface area (Å²) in [5.74, 6) is 1.89. The van der Waals surface area contributed by atoms with E-state index >= 15 is 0 Å². The minimum absolute atomic E-state index is 0.0185. The fraction of sp³-hybridized carbons (Fsp3) is 1.00. The van der Waals surface area contributed by atoms with Crippen molar-refractivity contribution in [3.63, 3.8) is 0 Å². The molecule has 0 aromatic heterocycles. The zero-order valence-electron chi connectivity index (χ0n) is 16.3. The van der Waals surface area contributed by atoms with Gasteiger partial charge in [0.05, 0.1) is 5.92 Å². The van der Waals surface area contributed by atoms with E-state index in [1.165, 1.54) is 0 Å². The molecule has 0 aromatic rings. The van der Waals surface area contributed by atoms with Crippen LogP contribution < -0.4 is 0 Å². The number of rotatable bonds is 3. The summed E-state index contributed by atoms with van der Waals surface area (Å²) >= 11 is 0. The number of halogens is 5. The van der Waals surface area contributed by atoms with Gasteiger partial charge in [0.25, 0.3) is 0 Å². The minimum atomic E-state index is -4.03. The van der Waals surface area contributed by atoms with Crippen LogP contribution in [-0.2, 0) is 0 Å². The van der Waals surface area contributed by atoms with Crippen molar-refractivity contribution in [3.05, 3.63) is 0 Å². The summed E-state index contributed by atoms with van der Waals surface area (Å²) in [5, 5.41) is 0. The Morgan fingerprint density at radius 1 is 0.889 bits per heavy atom. The van der Waals surface area contributed by atoms with Gasteiger partial charge in [-0.2, -0.15) is 13.2 Å². The average molecular weight is 392 g/mol. The summed E-state index contributed by atoms with van der Waals surface area (Å²) in [6.45, 7) is 2.34. The van der Waals surface area contributed by atoms with Crippen LogP contribution in [0.3, 0.4) is 0 Å². The molecule has 0 saturated heterocycles. The third kappa shape index (κ3) is 3.54. The number of fused-ring (bicyclic) bond motifs is 5. The molecule has 0 aliphatic heterocycles. The largest absolute Gasteiger partial charge is 0.391 e. The van der Waals surface area contributed by atoms with Crippen molar-refractivity contribution in [2.24, 2.45) is 46.8 Å². The van der Waals surface area contributed by atoms with E-state index in [0.717, 1.165) is 44.9 Å². The van der Waals surface area contributed by atoms with Crippen LogP contribution in [0.1, 0.15) is 77.6 Å². The van der Waals surface area contributed by atoms with Gasteiger partial charge in [-0.25, -0.2) is 8.78 Å². The Bertz CT molecular complexity index is 529. The van der Waals surface area contributed by atoms with Gasteiger partial charge < -0.3 is 0 Å². The maximum absolute atomic E-state index is 13.2. The van der Waals surface area contributed by atoms with Crippen LogP contribution in [0.15, 0.2) is 0 Å². The zero-order valence-corrected chi connectivity index (χ0v) is 16.3. The van der Waals surface area contributed by atoms with Crippen molar-refractivity contribution >= 4 is 0 Å². The monoisotopic (exact) mass is 392 g/mol. The van der Waals surface area contributed by atoms with Gasteiger partial charge >= 0.3 is 6.18 Å². The van der Waals surface area contributed by atoms with E-state index in [-0.39, 0.29) is 17.8 Å². The van der Waals surface area contributed by atoms with E-state index in [1.807, 2.05) is 0 Å². The van der Waals surface area contributed by atoms with Gasteiger partial charge in [0.1, 0.15) is 0 Å². The first-order valence-electron chi connectivity index (χ1n) is 11.0. The van der Waals surface area contributed by atoms with Gasteiger partial charge in [-0.3, -0.25) is 0 Å². The molecule has 0 bridgehead atoms. The molecule has 0 heterocycles. The lowest BCUT2D eigenvalue weighted by molar-refractivity contribution is -0.196. The predicted octanol–water partition coefficient (Wildman–Crippen LogP) is 7.48. The molecule has 5 heteroatoms. The third-order valence-electron chi connectivity index (χ3n) is 9.35. The molecule has 4 aliphatic carbocycles. The van der Waals surface area contributed by atoms with Crippen LogP contribution in [0.2, 0.25) is 0 Å². The average Bonchev–Trinajstić information content (AvgIpc) is 2.94. The van der Waals surface area contributed by atoms with Gasteiger partial charge in [0.2, 0.25) is 6.43 Å². The van der Waals surface area contributed by atoms with Crippen molar-refractivity contribution in [1.82, 2.24) is 0 Å². The summed E-state index contributed by atoms with van der Waals surface area (Å²) in [5.41, 5.74) is 0.187. The van der Waals surface area contributed by atoms with Crippen molar-refractivity contribution < 1.29 is 22.0 Å². The zero-order chi connectivity index (χ0) is 19.4. The molecule has 0 aromatic carbocycles. The van der Waals surface area contributed by atoms with Crippen LogP contribution in [-0.4, -0.2) is 12.6 Å². The van der Waals surface area contributed by atoms with Crippen LogP contribution in [0.5, 0.6) is 0 Å². The fourth-order valence-corrected chi connectivity index (χ4v) is 8.06. The second kappa shape index (κ2) is 7.16. The van der Waals surface area contributed by atoms with Crippen molar-refractivity contribution in [1.29, 1.82) is 0 Å². The molecule has 6 unspecified atom stereocenters.